The highest BCUT2D eigenvalue weighted by Gasteiger charge is 2.16. The van der Waals surface area contributed by atoms with Crippen molar-refractivity contribution in [1.29, 1.82) is 0 Å². The predicted octanol–water partition coefficient (Wildman–Crippen LogP) is 3.59. The minimum atomic E-state index is -0.457. The van der Waals surface area contributed by atoms with E-state index in [-0.39, 0.29) is 16.0 Å². The van der Waals surface area contributed by atoms with Crippen LogP contribution in [-0.4, -0.2) is 4.98 Å². The molecule has 1 N–H and O–H groups in total. The Morgan fingerprint density at radius 1 is 1.17 bits per heavy atom. The number of nitrogens with one attached hydrogen (secondary N) is 1. The van der Waals surface area contributed by atoms with Crippen LogP contribution in [0.15, 0.2) is 16.9 Å². The molecule has 0 fully saturated rings. The number of H-pyrrole nitrogens is 1. The molecule has 0 radical (unpaired) electrons. The number of benzene rings is 1. The second-order valence-electron chi connectivity index (χ2n) is 4.78. The fourth-order valence-electron chi connectivity index (χ4n) is 2.66. The van der Waals surface area contributed by atoms with Gasteiger partial charge in [0.15, 0.2) is 5.43 Å². The van der Waals surface area contributed by atoms with E-state index in [0.717, 1.165) is 43.4 Å². The van der Waals surface area contributed by atoms with Gasteiger partial charge in [-0.3, -0.25) is 4.79 Å². The van der Waals surface area contributed by atoms with E-state index in [9.17, 15) is 9.18 Å². The molecule has 3 rings (SSSR count). The van der Waals surface area contributed by atoms with Gasteiger partial charge < -0.3 is 4.98 Å². The Morgan fingerprint density at radius 3 is 2.78 bits per heavy atom. The lowest BCUT2D eigenvalue weighted by atomic mass is 10.0. The van der Waals surface area contributed by atoms with Gasteiger partial charge in [0, 0.05) is 16.3 Å². The number of aryl methyl sites for hydroxylation is 1. The first-order chi connectivity index (χ1) is 8.66. The third kappa shape index (κ3) is 1.83. The van der Waals surface area contributed by atoms with Gasteiger partial charge in [0.25, 0.3) is 0 Å². The summed E-state index contributed by atoms with van der Waals surface area (Å²) in [7, 11) is 0. The summed E-state index contributed by atoms with van der Waals surface area (Å²) >= 11 is 5.82. The molecular weight excluding hydrogens is 253 g/mol. The molecule has 2 nitrogen and oxygen atoms in total. The third-order valence-corrected chi connectivity index (χ3v) is 3.79. The second kappa shape index (κ2) is 4.39. The van der Waals surface area contributed by atoms with Crippen LogP contribution >= 0.6 is 11.6 Å². The van der Waals surface area contributed by atoms with Gasteiger partial charge in [-0.05, 0) is 37.8 Å². The fourth-order valence-corrected chi connectivity index (χ4v) is 2.87. The van der Waals surface area contributed by atoms with Crippen molar-refractivity contribution in [2.45, 2.75) is 32.1 Å². The van der Waals surface area contributed by atoms with Crippen LogP contribution in [0.3, 0.4) is 0 Å². The lowest BCUT2D eigenvalue weighted by molar-refractivity contribution is 0.636. The number of fused-ring (bicyclic) bond motifs is 2. The Balaban J connectivity index is 2.38. The molecule has 0 unspecified atom stereocenters. The van der Waals surface area contributed by atoms with Crippen LogP contribution in [-0.2, 0) is 12.8 Å². The highest BCUT2D eigenvalue weighted by Crippen LogP contribution is 2.23. The highest BCUT2D eigenvalue weighted by atomic mass is 35.5. The number of aromatic amines is 1. The molecule has 0 atom stereocenters. The Kier molecular flexibility index (Phi) is 2.86. The van der Waals surface area contributed by atoms with Crippen molar-refractivity contribution in [2.75, 3.05) is 0 Å². The standard InChI is InChI=1S/C14H13ClFNO/c15-8-6-10-13(11(16)7-8)17-12-5-3-1-2-4-9(12)14(10)18/h6-7H,1-5H2,(H,17,18). The smallest absolute Gasteiger partial charge is 0.192 e. The largest absolute Gasteiger partial charge is 0.356 e. The van der Waals surface area contributed by atoms with Crippen molar-refractivity contribution >= 4 is 22.5 Å². The quantitative estimate of drug-likeness (QED) is 0.726. The summed E-state index contributed by atoms with van der Waals surface area (Å²) in [5, 5.41) is 0.625. The normalized spacial score (nSPS) is 15.4. The van der Waals surface area contributed by atoms with Gasteiger partial charge >= 0.3 is 0 Å². The predicted molar refractivity (Wildman–Crippen MR) is 70.8 cm³/mol. The molecule has 2 aromatic rings. The Bertz CT molecular complexity index is 678. The van der Waals surface area contributed by atoms with E-state index in [4.69, 9.17) is 11.6 Å². The van der Waals surface area contributed by atoms with E-state index in [1.807, 2.05) is 0 Å². The zero-order valence-electron chi connectivity index (χ0n) is 9.85. The molecule has 18 heavy (non-hydrogen) atoms. The number of aromatic nitrogens is 1. The number of hydrogen-bond donors (Lipinski definition) is 1. The van der Waals surface area contributed by atoms with Gasteiger partial charge in [0.2, 0.25) is 0 Å². The Hall–Kier alpha value is -1.35. The Labute approximate surface area is 109 Å². The van der Waals surface area contributed by atoms with Crippen molar-refractivity contribution in [3.05, 3.63) is 44.5 Å². The van der Waals surface area contributed by atoms with Crippen molar-refractivity contribution in [2.24, 2.45) is 0 Å². The Morgan fingerprint density at radius 2 is 1.94 bits per heavy atom. The number of halogens is 2. The summed E-state index contributed by atoms with van der Waals surface area (Å²) in [4.78, 5) is 15.5. The molecule has 0 aliphatic heterocycles. The molecular formula is C14H13ClFNO. The van der Waals surface area contributed by atoms with Crippen LogP contribution in [0, 0.1) is 5.82 Å². The van der Waals surface area contributed by atoms with Gasteiger partial charge in [-0.2, -0.15) is 0 Å². The molecule has 0 bridgehead atoms. The first-order valence-corrected chi connectivity index (χ1v) is 6.57. The molecule has 94 valence electrons. The number of rotatable bonds is 0. The summed E-state index contributed by atoms with van der Waals surface area (Å²) in [6.07, 6.45) is 4.77. The first-order valence-electron chi connectivity index (χ1n) is 6.19. The average molecular weight is 266 g/mol. The van der Waals surface area contributed by atoms with Gasteiger partial charge in [-0.25, -0.2) is 4.39 Å². The summed E-state index contributed by atoms with van der Waals surface area (Å²) < 4.78 is 13.8. The average Bonchev–Trinajstić information content (AvgIpc) is 2.56. The van der Waals surface area contributed by atoms with E-state index in [1.165, 1.54) is 6.07 Å². The molecule has 1 aromatic carbocycles. The zero-order valence-corrected chi connectivity index (χ0v) is 10.6. The van der Waals surface area contributed by atoms with E-state index in [1.54, 1.807) is 6.07 Å². The summed E-state index contributed by atoms with van der Waals surface area (Å²) in [6, 6.07) is 2.78. The molecule has 1 aliphatic rings. The van der Waals surface area contributed by atoms with E-state index in [2.05, 4.69) is 4.98 Å². The first kappa shape index (κ1) is 11.7. The third-order valence-electron chi connectivity index (χ3n) is 3.57. The van der Waals surface area contributed by atoms with E-state index >= 15 is 0 Å². The van der Waals surface area contributed by atoms with Crippen LogP contribution in [0.4, 0.5) is 4.39 Å². The lowest BCUT2D eigenvalue weighted by Gasteiger charge is -2.09. The second-order valence-corrected chi connectivity index (χ2v) is 5.22. The SMILES string of the molecule is O=c1c2c([nH]c3c(F)cc(Cl)cc13)CCCCC2. The minimum absolute atomic E-state index is 0.0675. The monoisotopic (exact) mass is 265 g/mol. The van der Waals surface area contributed by atoms with Gasteiger partial charge in [-0.15, -0.1) is 0 Å². The molecule has 0 amide bonds. The van der Waals surface area contributed by atoms with Crippen LogP contribution in [0.1, 0.15) is 30.5 Å². The van der Waals surface area contributed by atoms with Crippen LogP contribution in [0.2, 0.25) is 5.02 Å². The van der Waals surface area contributed by atoms with Crippen molar-refractivity contribution < 1.29 is 4.39 Å². The van der Waals surface area contributed by atoms with Crippen LogP contribution < -0.4 is 5.43 Å². The van der Waals surface area contributed by atoms with Gasteiger partial charge in [0.05, 0.1) is 10.9 Å². The zero-order chi connectivity index (χ0) is 12.7. The van der Waals surface area contributed by atoms with Gasteiger partial charge in [0.1, 0.15) is 5.82 Å². The van der Waals surface area contributed by atoms with E-state index < -0.39 is 5.82 Å². The van der Waals surface area contributed by atoms with Crippen LogP contribution in [0.25, 0.3) is 10.9 Å². The molecule has 1 aliphatic carbocycles. The maximum absolute atomic E-state index is 13.8. The minimum Gasteiger partial charge on any atom is -0.356 e. The number of pyridine rings is 1. The van der Waals surface area contributed by atoms with Crippen LogP contribution in [0.5, 0.6) is 0 Å². The summed E-state index contributed by atoms with van der Waals surface area (Å²) in [5.74, 6) is -0.457. The maximum atomic E-state index is 13.8. The molecule has 0 saturated heterocycles. The number of hydrogen-bond acceptors (Lipinski definition) is 1. The van der Waals surface area contributed by atoms with Crippen molar-refractivity contribution in [3.8, 4) is 0 Å². The summed E-state index contributed by atoms with van der Waals surface area (Å²) in [6.45, 7) is 0. The summed E-state index contributed by atoms with van der Waals surface area (Å²) in [5.41, 5.74) is 1.92. The highest BCUT2D eigenvalue weighted by molar-refractivity contribution is 6.31. The topological polar surface area (TPSA) is 32.9 Å². The molecule has 0 saturated carbocycles. The molecule has 1 heterocycles. The molecule has 1 aromatic heterocycles. The lowest BCUT2D eigenvalue weighted by Crippen LogP contribution is -2.14. The van der Waals surface area contributed by atoms with Gasteiger partial charge in [-0.1, -0.05) is 18.0 Å². The molecule has 0 spiro atoms. The van der Waals surface area contributed by atoms with Crippen molar-refractivity contribution in [1.82, 2.24) is 4.98 Å². The maximum Gasteiger partial charge on any atom is 0.192 e. The molecule has 4 heteroatoms. The fraction of sp³-hybridized carbons (Fsp3) is 0.357. The van der Waals surface area contributed by atoms with E-state index in [0.29, 0.717) is 5.39 Å². The van der Waals surface area contributed by atoms with Crippen molar-refractivity contribution in [3.63, 3.8) is 0 Å².